The number of hydrogen-bond acceptors (Lipinski definition) is 8. The summed E-state index contributed by atoms with van der Waals surface area (Å²) in [5, 5.41) is 6.45. The van der Waals surface area contributed by atoms with Crippen LogP contribution in [-0.4, -0.2) is 56.5 Å². The first kappa shape index (κ1) is 24.5. The van der Waals surface area contributed by atoms with Gasteiger partial charge in [-0.05, 0) is 63.4 Å². The van der Waals surface area contributed by atoms with Gasteiger partial charge >= 0.3 is 0 Å². The van der Waals surface area contributed by atoms with Crippen molar-refractivity contribution in [2.75, 3.05) is 48.8 Å². The predicted octanol–water partition coefficient (Wildman–Crippen LogP) is 3.84. The summed E-state index contributed by atoms with van der Waals surface area (Å²) < 4.78 is 27.4. The second-order valence-corrected chi connectivity index (χ2v) is 10.4. The Hall–Kier alpha value is -3.63. The van der Waals surface area contributed by atoms with Crippen LogP contribution in [0.25, 0.3) is 0 Å². The van der Waals surface area contributed by atoms with Crippen molar-refractivity contribution in [3.05, 3.63) is 72.6 Å². The first-order chi connectivity index (χ1) is 16.7. The van der Waals surface area contributed by atoms with Crippen molar-refractivity contribution >= 4 is 38.9 Å². The Morgan fingerprint density at radius 2 is 1.71 bits per heavy atom. The molecule has 0 amide bonds. The maximum Gasteiger partial charge on any atom is 0.261 e. The van der Waals surface area contributed by atoms with Crippen LogP contribution >= 0.6 is 0 Å². The molecule has 1 aliphatic rings. The minimum atomic E-state index is -3.69. The number of piperazine rings is 1. The zero-order chi connectivity index (χ0) is 25.0. The smallest absolute Gasteiger partial charge is 0.261 e. The fourth-order valence-corrected chi connectivity index (χ4v) is 4.86. The summed E-state index contributed by atoms with van der Waals surface area (Å²) in [5.41, 5.74) is 3.86. The number of rotatable bonds is 8. The van der Waals surface area contributed by atoms with Gasteiger partial charge in [0.2, 0.25) is 5.95 Å². The molecule has 0 atom stereocenters. The van der Waals surface area contributed by atoms with Gasteiger partial charge in [0.25, 0.3) is 10.0 Å². The summed E-state index contributed by atoms with van der Waals surface area (Å²) in [6.45, 7) is 11.3. The van der Waals surface area contributed by atoms with Crippen molar-refractivity contribution in [1.29, 1.82) is 0 Å². The SMILES string of the molecule is C=C(C)NS(=O)(=O)c1cccc(Nc2nc(Nc3ccc(N4CCN(C)CC4)cc3)ncc2C)c1. The number of nitrogens with zero attached hydrogens (tertiary/aromatic N) is 4. The van der Waals surface area contributed by atoms with E-state index in [0.717, 1.165) is 37.4 Å². The summed E-state index contributed by atoms with van der Waals surface area (Å²) in [6.07, 6.45) is 1.72. The molecule has 0 saturated carbocycles. The molecule has 0 radical (unpaired) electrons. The van der Waals surface area contributed by atoms with E-state index >= 15 is 0 Å². The average Bonchev–Trinajstić information content (AvgIpc) is 2.82. The molecule has 0 bridgehead atoms. The highest BCUT2D eigenvalue weighted by Gasteiger charge is 2.15. The summed E-state index contributed by atoms with van der Waals surface area (Å²) in [4.78, 5) is 13.8. The molecule has 0 unspecified atom stereocenters. The number of aromatic nitrogens is 2. The number of likely N-dealkylation sites (N-methyl/N-ethyl adjacent to an activating group) is 1. The third kappa shape index (κ3) is 6.28. The molecule has 3 aromatic rings. The molecule has 2 heterocycles. The lowest BCUT2D eigenvalue weighted by molar-refractivity contribution is 0.313. The fourth-order valence-electron chi connectivity index (χ4n) is 3.74. The number of nitrogens with one attached hydrogen (secondary N) is 3. The number of sulfonamides is 1. The second kappa shape index (κ2) is 10.3. The highest BCUT2D eigenvalue weighted by atomic mass is 32.2. The Labute approximate surface area is 207 Å². The third-order valence-corrected chi connectivity index (χ3v) is 7.17. The third-order valence-electron chi connectivity index (χ3n) is 5.68. The molecule has 35 heavy (non-hydrogen) atoms. The fraction of sp³-hybridized carbons (Fsp3) is 0.280. The highest BCUT2D eigenvalue weighted by Crippen LogP contribution is 2.24. The van der Waals surface area contributed by atoms with Gasteiger partial charge in [-0.25, -0.2) is 13.4 Å². The van der Waals surface area contributed by atoms with E-state index in [-0.39, 0.29) is 4.90 Å². The minimum absolute atomic E-state index is 0.135. The van der Waals surface area contributed by atoms with E-state index in [1.165, 1.54) is 11.8 Å². The molecule has 1 saturated heterocycles. The van der Waals surface area contributed by atoms with Crippen molar-refractivity contribution in [3.8, 4) is 0 Å². The van der Waals surface area contributed by atoms with Gasteiger partial charge in [-0.3, -0.25) is 4.72 Å². The van der Waals surface area contributed by atoms with Gasteiger partial charge in [0.1, 0.15) is 5.82 Å². The van der Waals surface area contributed by atoms with Crippen LogP contribution in [0.1, 0.15) is 12.5 Å². The van der Waals surface area contributed by atoms with Crippen molar-refractivity contribution in [2.45, 2.75) is 18.7 Å². The monoisotopic (exact) mass is 493 g/mol. The quantitative estimate of drug-likeness (QED) is 0.435. The molecule has 3 N–H and O–H groups in total. The van der Waals surface area contributed by atoms with E-state index < -0.39 is 10.0 Å². The van der Waals surface area contributed by atoms with Crippen molar-refractivity contribution in [3.63, 3.8) is 0 Å². The second-order valence-electron chi connectivity index (χ2n) is 8.73. The van der Waals surface area contributed by atoms with Gasteiger partial charge in [-0.1, -0.05) is 12.6 Å². The standard InChI is InChI=1S/C25H31N7O2S/c1-18(2)30-35(33,34)23-7-5-6-21(16-23)27-24-19(3)17-26-25(29-24)28-20-8-10-22(11-9-20)32-14-12-31(4)13-15-32/h5-11,16-17,30H,1,12-15H2,2-4H3,(H2,26,27,28,29). The Bertz CT molecular complexity index is 1300. The highest BCUT2D eigenvalue weighted by molar-refractivity contribution is 7.89. The molecule has 10 heteroatoms. The number of aryl methyl sites for hydroxylation is 1. The van der Waals surface area contributed by atoms with Crippen molar-refractivity contribution < 1.29 is 8.42 Å². The Morgan fingerprint density at radius 3 is 2.40 bits per heavy atom. The topological polar surface area (TPSA) is 102 Å². The van der Waals surface area contributed by atoms with Crippen LogP contribution in [0.3, 0.4) is 0 Å². The molecule has 1 fully saturated rings. The molecular formula is C25H31N7O2S. The lowest BCUT2D eigenvalue weighted by Gasteiger charge is -2.34. The van der Waals surface area contributed by atoms with Crippen LogP contribution in [0.15, 0.2) is 71.9 Å². The molecule has 9 nitrogen and oxygen atoms in total. The van der Waals surface area contributed by atoms with Crippen LogP contribution in [0, 0.1) is 6.92 Å². The van der Waals surface area contributed by atoms with Crippen molar-refractivity contribution in [1.82, 2.24) is 19.6 Å². The molecule has 2 aromatic carbocycles. The van der Waals surface area contributed by atoms with E-state index in [4.69, 9.17) is 0 Å². The Kier molecular flexibility index (Phi) is 7.23. The molecular weight excluding hydrogens is 462 g/mol. The minimum Gasteiger partial charge on any atom is -0.369 e. The van der Waals surface area contributed by atoms with Crippen LogP contribution < -0.4 is 20.3 Å². The van der Waals surface area contributed by atoms with Crippen LogP contribution in [0.2, 0.25) is 0 Å². The van der Waals surface area contributed by atoms with Gasteiger partial charge in [-0.15, -0.1) is 0 Å². The largest absolute Gasteiger partial charge is 0.369 e. The number of allylic oxidation sites excluding steroid dienone is 1. The molecule has 1 aromatic heterocycles. The number of benzene rings is 2. The zero-order valence-corrected chi connectivity index (χ0v) is 21.1. The van der Waals surface area contributed by atoms with Crippen LogP contribution in [0.4, 0.5) is 28.8 Å². The van der Waals surface area contributed by atoms with Gasteiger partial charge in [0, 0.05) is 60.7 Å². The van der Waals surface area contributed by atoms with Gasteiger partial charge < -0.3 is 20.4 Å². The lowest BCUT2D eigenvalue weighted by Crippen LogP contribution is -2.44. The first-order valence-corrected chi connectivity index (χ1v) is 12.9. The van der Waals surface area contributed by atoms with Gasteiger partial charge in [0.05, 0.1) is 4.90 Å². The van der Waals surface area contributed by atoms with Crippen LogP contribution in [-0.2, 0) is 10.0 Å². The van der Waals surface area contributed by atoms with E-state index in [1.807, 2.05) is 19.1 Å². The van der Waals surface area contributed by atoms with E-state index in [0.29, 0.717) is 23.2 Å². The molecule has 0 aliphatic carbocycles. The van der Waals surface area contributed by atoms with Crippen molar-refractivity contribution in [2.24, 2.45) is 0 Å². The normalized spacial score (nSPS) is 14.4. The van der Waals surface area contributed by atoms with Gasteiger partial charge in [-0.2, -0.15) is 4.98 Å². The maximum atomic E-state index is 12.5. The summed E-state index contributed by atoms with van der Waals surface area (Å²) in [5.74, 6) is 1.03. The summed E-state index contributed by atoms with van der Waals surface area (Å²) in [7, 11) is -1.54. The summed E-state index contributed by atoms with van der Waals surface area (Å²) >= 11 is 0. The van der Waals surface area contributed by atoms with E-state index in [2.05, 4.69) is 60.9 Å². The summed E-state index contributed by atoms with van der Waals surface area (Å²) in [6, 6.07) is 14.8. The molecule has 184 valence electrons. The van der Waals surface area contributed by atoms with Crippen LogP contribution in [0.5, 0.6) is 0 Å². The van der Waals surface area contributed by atoms with E-state index in [9.17, 15) is 8.42 Å². The molecule has 1 aliphatic heterocycles. The molecule has 4 rings (SSSR count). The average molecular weight is 494 g/mol. The Morgan fingerprint density at radius 1 is 1.00 bits per heavy atom. The first-order valence-electron chi connectivity index (χ1n) is 11.4. The number of hydrogen-bond donors (Lipinski definition) is 3. The molecule has 0 spiro atoms. The lowest BCUT2D eigenvalue weighted by atomic mass is 10.2. The number of anilines is 5. The van der Waals surface area contributed by atoms with Gasteiger partial charge in [0.15, 0.2) is 0 Å². The zero-order valence-electron chi connectivity index (χ0n) is 20.2. The maximum absolute atomic E-state index is 12.5. The predicted molar refractivity (Wildman–Crippen MR) is 141 cm³/mol. The Balaban J connectivity index is 1.47. The van der Waals surface area contributed by atoms with E-state index in [1.54, 1.807) is 31.3 Å².